The highest BCUT2D eigenvalue weighted by molar-refractivity contribution is 5.94. The number of hydrogen-bond donors (Lipinski definition) is 2. The number of phenolic OH excluding ortho intramolecular Hbond substituents is 1. The molecule has 0 saturated heterocycles. The lowest BCUT2D eigenvalue weighted by atomic mass is 10.2. The molecule has 0 saturated carbocycles. The highest BCUT2D eigenvalue weighted by Gasteiger charge is 2.17. The SMILES string of the molecule is CC(=O)N(CCC(=O)Nc1ccc(O)cc1)CN(C)C(=O)c1ccccc1. The molecule has 2 rings (SSSR count). The van der Waals surface area contributed by atoms with Crippen LogP contribution in [0.2, 0.25) is 0 Å². The van der Waals surface area contributed by atoms with Crippen molar-refractivity contribution in [3.05, 3.63) is 60.2 Å². The molecule has 7 heteroatoms. The first-order valence-electron chi connectivity index (χ1n) is 8.51. The number of anilines is 1. The van der Waals surface area contributed by atoms with Gasteiger partial charge in [-0.3, -0.25) is 14.4 Å². The number of amides is 3. The predicted molar refractivity (Wildman–Crippen MR) is 102 cm³/mol. The lowest BCUT2D eigenvalue weighted by Gasteiger charge is -2.27. The second-order valence-corrected chi connectivity index (χ2v) is 6.14. The first-order chi connectivity index (χ1) is 12.9. The van der Waals surface area contributed by atoms with Gasteiger partial charge in [-0.05, 0) is 36.4 Å². The summed E-state index contributed by atoms with van der Waals surface area (Å²) in [4.78, 5) is 39.2. The molecular weight excluding hydrogens is 346 g/mol. The standard InChI is InChI=1S/C20H23N3O4/c1-15(24)23(14-22(2)20(27)16-6-4-3-5-7-16)13-12-19(26)21-17-8-10-18(25)11-9-17/h3-11,25H,12-14H2,1-2H3,(H,21,26). The van der Waals surface area contributed by atoms with E-state index in [1.54, 1.807) is 43.4 Å². The van der Waals surface area contributed by atoms with Crippen molar-refractivity contribution >= 4 is 23.4 Å². The third kappa shape index (κ3) is 6.14. The fourth-order valence-corrected chi connectivity index (χ4v) is 2.45. The zero-order valence-corrected chi connectivity index (χ0v) is 15.4. The second-order valence-electron chi connectivity index (χ2n) is 6.14. The molecule has 142 valence electrons. The van der Waals surface area contributed by atoms with E-state index in [9.17, 15) is 19.5 Å². The van der Waals surface area contributed by atoms with Crippen molar-refractivity contribution in [3.8, 4) is 5.75 Å². The quantitative estimate of drug-likeness (QED) is 0.579. The number of hydrogen-bond acceptors (Lipinski definition) is 4. The zero-order chi connectivity index (χ0) is 19.8. The van der Waals surface area contributed by atoms with Gasteiger partial charge in [-0.25, -0.2) is 0 Å². The summed E-state index contributed by atoms with van der Waals surface area (Å²) in [6, 6.07) is 14.9. The number of benzene rings is 2. The van der Waals surface area contributed by atoms with Crippen molar-refractivity contribution in [1.29, 1.82) is 0 Å². The summed E-state index contributed by atoms with van der Waals surface area (Å²) in [6.45, 7) is 1.68. The van der Waals surface area contributed by atoms with Crippen LogP contribution >= 0.6 is 0 Å². The van der Waals surface area contributed by atoms with Crippen LogP contribution in [0.4, 0.5) is 5.69 Å². The lowest BCUT2D eigenvalue weighted by Crippen LogP contribution is -2.42. The molecule has 3 amide bonds. The maximum atomic E-state index is 12.4. The molecule has 0 aliphatic heterocycles. The molecule has 27 heavy (non-hydrogen) atoms. The van der Waals surface area contributed by atoms with Crippen LogP contribution < -0.4 is 5.32 Å². The highest BCUT2D eigenvalue weighted by atomic mass is 16.3. The molecule has 2 aromatic carbocycles. The van der Waals surface area contributed by atoms with Crippen LogP contribution in [-0.4, -0.2) is 52.9 Å². The smallest absolute Gasteiger partial charge is 0.255 e. The van der Waals surface area contributed by atoms with E-state index in [-0.39, 0.29) is 43.1 Å². The van der Waals surface area contributed by atoms with E-state index in [2.05, 4.69) is 5.32 Å². The summed E-state index contributed by atoms with van der Waals surface area (Å²) in [5.41, 5.74) is 1.09. The highest BCUT2D eigenvalue weighted by Crippen LogP contribution is 2.14. The minimum Gasteiger partial charge on any atom is -0.508 e. The summed E-state index contributed by atoms with van der Waals surface area (Å²) in [6.07, 6.45) is 0.0911. The van der Waals surface area contributed by atoms with Gasteiger partial charge in [-0.15, -0.1) is 0 Å². The Morgan fingerprint density at radius 2 is 1.63 bits per heavy atom. The van der Waals surface area contributed by atoms with E-state index in [1.807, 2.05) is 6.07 Å². The number of nitrogens with zero attached hydrogens (tertiary/aromatic N) is 2. The van der Waals surface area contributed by atoms with Crippen LogP contribution in [0.1, 0.15) is 23.7 Å². The molecule has 0 aliphatic carbocycles. The second kappa shape index (κ2) is 9.38. The zero-order valence-electron chi connectivity index (χ0n) is 15.4. The topological polar surface area (TPSA) is 89.9 Å². The largest absolute Gasteiger partial charge is 0.508 e. The molecule has 2 aromatic rings. The van der Waals surface area contributed by atoms with Crippen molar-refractivity contribution < 1.29 is 19.5 Å². The van der Waals surface area contributed by atoms with Crippen molar-refractivity contribution in [2.75, 3.05) is 25.6 Å². The molecule has 0 unspecified atom stereocenters. The fraction of sp³-hybridized carbons (Fsp3) is 0.250. The van der Waals surface area contributed by atoms with Crippen molar-refractivity contribution in [3.63, 3.8) is 0 Å². The molecule has 0 bridgehead atoms. The Morgan fingerprint density at radius 1 is 1.00 bits per heavy atom. The molecule has 0 radical (unpaired) electrons. The van der Waals surface area contributed by atoms with Crippen LogP contribution in [0.5, 0.6) is 5.75 Å². The molecule has 0 atom stereocenters. The van der Waals surface area contributed by atoms with Gasteiger partial charge in [0.2, 0.25) is 11.8 Å². The fourth-order valence-electron chi connectivity index (χ4n) is 2.45. The van der Waals surface area contributed by atoms with Gasteiger partial charge < -0.3 is 20.2 Å². The lowest BCUT2D eigenvalue weighted by molar-refractivity contribution is -0.130. The van der Waals surface area contributed by atoms with Gasteiger partial charge in [0, 0.05) is 38.2 Å². The molecule has 0 fully saturated rings. The number of carbonyl (C=O) groups excluding carboxylic acids is 3. The average molecular weight is 369 g/mol. The Balaban J connectivity index is 1.89. The van der Waals surface area contributed by atoms with Gasteiger partial charge in [0.25, 0.3) is 5.91 Å². The molecule has 2 N–H and O–H groups in total. The molecule has 0 aliphatic rings. The number of rotatable bonds is 7. The third-order valence-electron chi connectivity index (χ3n) is 3.96. The maximum absolute atomic E-state index is 12.4. The Kier molecular flexibility index (Phi) is 6.93. The van der Waals surface area contributed by atoms with Crippen LogP contribution in [0.25, 0.3) is 0 Å². The van der Waals surface area contributed by atoms with Crippen molar-refractivity contribution in [2.45, 2.75) is 13.3 Å². The molecule has 0 aromatic heterocycles. The van der Waals surface area contributed by atoms with Crippen molar-refractivity contribution in [2.24, 2.45) is 0 Å². The molecular formula is C20H23N3O4. The Morgan fingerprint density at radius 3 is 2.22 bits per heavy atom. The van der Waals surface area contributed by atoms with E-state index < -0.39 is 0 Å². The summed E-state index contributed by atoms with van der Waals surface area (Å²) >= 11 is 0. The van der Waals surface area contributed by atoms with E-state index in [0.717, 1.165) is 0 Å². The summed E-state index contributed by atoms with van der Waals surface area (Å²) in [7, 11) is 1.61. The van der Waals surface area contributed by atoms with Crippen LogP contribution in [0, 0.1) is 0 Å². The monoisotopic (exact) mass is 369 g/mol. The van der Waals surface area contributed by atoms with Gasteiger partial charge in [-0.2, -0.15) is 0 Å². The van der Waals surface area contributed by atoms with E-state index in [0.29, 0.717) is 11.3 Å². The Hall–Kier alpha value is -3.35. The van der Waals surface area contributed by atoms with Crippen molar-refractivity contribution in [1.82, 2.24) is 9.80 Å². The predicted octanol–water partition coefficient (Wildman–Crippen LogP) is 2.30. The van der Waals surface area contributed by atoms with Crippen LogP contribution in [0.3, 0.4) is 0 Å². The number of phenols is 1. The minimum absolute atomic E-state index is 0.0911. The maximum Gasteiger partial charge on any atom is 0.255 e. The van der Waals surface area contributed by atoms with Gasteiger partial charge in [0.05, 0.1) is 6.67 Å². The van der Waals surface area contributed by atoms with Gasteiger partial charge in [0.1, 0.15) is 5.75 Å². The normalized spacial score (nSPS) is 10.1. The van der Waals surface area contributed by atoms with E-state index in [4.69, 9.17) is 0 Å². The molecule has 7 nitrogen and oxygen atoms in total. The van der Waals surface area contributed by atoms with E-state index >= 15 is 0 Å². The number of nitrogens with one attached hydrogen (secondary N) is 1. The summed E-state index contributed by atoms with van der Waals surface area (Å²) in [5, 5.41) is 11.9. The average Bonchev–Trinajstić information content (AvgIpc) is 2.66. The summed E-state index contributed by atoms with van der Waals surface area (Å²) in [5.74, 6) is -0.568. The summed E-state index contributed by atoms with van der Waals surface area (Å²) < 4.78 is 0. The van der Waals surface area contributed by atoms with Crippen LogP contribution in [-0.2, 0) is 9.59 Å². The number of carbonyl (C=O) groups is 3. The molecule has 0 heterocycles. The Bertz CT molecular complexity index is 791. The van der Waals surface area contributed by atoms with Crippen LogP contribution in [0.15, 0.2) is 54.6 Å². The third-order valence-corrected chi connectivity index (χ3v) is 3.96. The van der Waals surface area contributed by atoms with Gasteiger partial charge >= 0.3 is 0 Å². The van der Waals surface area contributed by atoms with Gasteiger partial charge in [0.15, 0.2) is 0 Å². The number of aromatic hydroxyl groups is 1. The van der Waals surface area contributed by atoms with Gasteiger partial charge in [-0.1, -0.05) is 18.2 Å². The first-order valence-corrected chi connectivity index (χ1v) is 8.51. The molecule has 0 spiro atoms. The first kappa shape index (κ1) is 20.0. The van der Waals surface area contributed by atoms with E-state index in [1.165, 1.54) is 28.9 Å². The Labute approximate surface area is 158 Å². The minimum atomic E-state index is -0.260.